The van der Waals surface area contributed by atoms with Gasteiger partial charge < -0.3 is 114 Å². The summed E-state index contributed by atoms with van der Waals surface area (Å²) in [5.74, 6) is 0.0472. The molecule has 9 fully saturated rings. The maximum atomic E-state index is 12.9. The van der Waals surface area contributed by atoms with Crippen LogP contribution in [0.1, 0.15) is 106 Å². The predicted molar refractivity (Wildman–Crippen MR) is 264 cm³/mol. The van der Waals surface area contributed by atoms with Crippen LogP contribution in [0.3, 0.4) is 0 Å². The average molecular weight is 1120 g/mol. The summed E-state index contributed by atoms with van der Waals surface area (Å²) in [4.78, 5) is 12.9. The van der Waals surface area contributed by atoms with Gasteiger partial charge >= 0.3 is 5.97 Å². The van der Waals surface area contributed by atoms with Crippen LogP contribution in [0, 0.1) is 50.7 Å². The summed E-state index contributed by atoms with van der Waals surface area (Å²) >= 11 is 0. The molecule has 448 valence electrons. The monoisotopic (exact) mass is 1120 g/mol. The number of esters is 1. The molecule has 24 heteroatoms. The first kappa shape index (κ1) is 60.9. The van der Waals surface area contributed by atoms with Gasteiger partial charge in [0.05, 0.1) is 32.0 Å². The van der Waals surface area contributed by atoms with Crippen molar-refractivity contribution in [1.82, 2.24) is 0 Å². The summed E-state index contributed by atoms with van der Waals surface area (Å²) in [6.45, 7) is 10.1. The summed E-state index contributed by atoms with van der Waals surface area (Å²) in [5, 5.41) is 159. The predicted octanol–water partition coefficient (Wildman–Crippen LogP) is -3.06. The topological polar surface area (TPSA) is 394 Å². The highest BCUT2D eigenvalue weighted by Crippen LogP contribution is 2.89. The van der Waals surface area contributed by atoms with Crippen LogP contribution < -0.4 is 0 Å². The second-order valence-electron chi connectivity index (χ2n) is 25.6. The molecule has 2 spiro atoms. The van der Waals surface area contributed by atoms with Crippen LogP contribution in [0.5, 0.6) is 0 Å². The number of carbonyl (C=O) groups is 1. The van der Waals surface area contributed by atoms with Gasteiger partial charge in [0.2, 0.25) is 0 Å². The fourth-order valence-corrected chi connectivity index (χ4v) is 16.9. The Labute approximate surface area is 453 Å². The number of rotatable bonds is 16. The van der Waals surface area contributed by atoms with Crippen molar-refractivity contribution in [2.24, 2.45) is 50.7 Å². The van der Waals surface area contributed by atoms with Crippen LogP contribution in [0.2, 0.25) is 0 Å². The molecule has 5 aliphatic carbocycles. The van der Waals surface area contributed by atoms with Gasteiger partial charge in [-0.1, -0.05) is 40.7 Å². The summed E-state index contributed by atoms with van der Waals surface area (Å²) in [6.07, 6.45) is -24.4. The molecule has 78 heavy (non-hydrogen) atoms. The molecule has 0 bridgehead atoms. The van der Waals surface area contributed by atoms with Gasteiger partial charge in [-0.25, -0.2) is 4.79 Å². The van der Waals surface area contributed by atoms with Gasteiger partial charge in [-0.15, -0.1) is 0 Å². The first-order valence-corrected chi connectivity index (χ1v) is 28.1. The van der Waals surface area contributed by atoms with E-state index in [2.05, 4.69) is 34.6 Å². The van der Waals surface area contributed by atoms with Crippen molar-refractivity contribution in [3.05, 3.63) is 11.6 Å². The van der Waals surface area contributed by atoms with Crippen LogP contribution >= 0.6 is 0 Å². The maximum absolute atomic E-state index is 12.9. The highest BCUT2D eigenvalue weighted by Gasteiger charge is 2.82. The van der Waals surface area contributed by atoms with Crippen molar-refractivity contribution < 1.29 is 119 Å². The van der Waals surface area contributed by atoms with Crippen molar-refractivity contribution in [3.8, 4) is 0 Å². The van der Waals surface area contributed by atoms with Gasteiger partial charge in [0, 0.05) is 5.57 Å². The van der Waals surface area contributed by atoms with E-state index in [-0.39, 0.29) is 51.4 Å². The molecule has 0 aromatic heterocycles. The van der Waals surface area contributed by atoms with E-state index < -0.39 is 173 Å². The molecule has 30 atom stereocenters. The van der Waals surface area contributed by atoms with Crippen LogP contribution in [-0.4, -0.2) is 244 Å². The number of hydrogen-bond acceptors (Lipinski definition) is 24. The fraction of sp³-hybridized carbons (Fsp3) is 0.944. The maximum Gasteiger partial charge on any atom is 0.333 e. The zero-order chi connectivity index (χ0) is 56.9. The zero-order valence-corrected chi connectivity index (χ0v) is 45.4. The third-order valence-electron chi connectivity index (χ3n) is 21.8. The van der Waals surface area contributed by atoms with Gasteiger partial charge in [0.1, 0.15) is 104 Å². The Bertz CT molecular complexity index is 2120. The number of fused-ring (bicyclic) bond motifs is 2. The van der Waals surface area contributed by atoms with Crippen molar-refractivity contribution in [1.29, 1.82) is 0 Å². The first-order valence-electron chi connectivity index (χ1n) is 28.1. The summed E-state index contributed by atoms with van der Waals surface area (Å²) in [7, 11) is 0. The van der Waals surface area contributed by atoms with E-state index in [0.29, 0.717) is 12.3 Å². The van der Waals surface area contributed by atoms with Gasteiger partial charge in [-0.2, -0.15) is 0 Å². The molecule has 9 aliphatic rings. The van der Waals surface area contributed by atoms with E-state index in [9.17, 15) is 81.4 Å². The normalized spacial score (nSPS) is 52.8. The van der Waals surface area contributed by atoms with E-state index in [1.54, 1.807) is 13.0 Å². The Morgan fingerprint density at radius 3 is 1.68 bits per heavy atom. The average Bonchev–Trinajstić information content (AvgIpc) is 3.14. The quantitative estimate of drug-likeness (QED) is 0.0414. The van der Waals surface area contributed by atoms with Crippen molar-refractivity contribution >= 4 is 5.97 Å². The van der Waals surface area contributed by atoms with E-state index in [1.165, 1.54) is 0 Å². The van der Waals surface area contributed by atoms with Crippen molar-refractivity contribution in [3.63, 3.8) is 0 Å². The lowest BCUT2D eigenvalue weighted by Gasteiger charge is -2.63. The number of aliphatic hydroxyl groups excluding tert-OH is 15. The van der Waals surface area contributed by atoms with Crippen LogP contribution in [0.15, 0.2) is 11.6 Å². The van der Waals surface area contributed by atoms with Crippen LogP contribution in [0.25, 0.3) is 0 Å². The minimum absolute atomic E-state index is 0.0185. The second kappa shape index (κ2) is 22.7. The van der Waals surface area contributed by atoms with Crippen molar-refractivity contribution in [2.45, 2.75) is 241 Å². The Hall–Kier alpha value is -1.67. The summed E-state index contributed by atoms with van der Waals surface area (Å²) in [6, 6.07) is 0. The minimum Gasteiger partial charge on any atom is -0.459 e. The van der Waals surface area contributed by atoms with Gasteiger partial charge in [0.25, 0.3) is 0 Å². The highest BCUT2D eigenvalue weighted by atomic mass is 16.8. The number of aliphatic hydroxyl groups is 15. The van der Waals surface area contributed by atoms with Crippen molar-refractivity contribution in [2.75, 3.05) is 26.4 Å². The Morgan fingerprint density at radius 1 is 0.564 bits per heavy atom. The van der Waals surface area contributed by atoms with Crippen LogP contribution in [0.4, 0.5) is 0 Å². The molecule has 0 aromatic carbocycles. The largest absolute Gasteiger partial charge is 0.459 e. The SMILES string of the molecule is C/C(=C\C[C@H](O)[C@@H](C)[C@H]1CC[C@@]2(C)[C@@H]3CC[C@@H]4C(C)(C)[C@@H](O[C@@H]5O[C@H](CO)[C@@H](O)[C@H](O)[C@H]5O[C@@H]5O[C@H](CO)[C@@H](O)[C@H](O)[C@H]5O[C@@H]5O[C@H](CO)[C@@H](O)[C@H](O)[C@H]5O)CC[C@@]45C[C@@]35CC[C@]12C)C(=O)OC[C@H]1O[C@H](O)[C@H](O)[C@@H](O)[C@@H]1O. The second-order valence-corrected chi connectivity index (χ2v) is 25.6. The Balaban J connectivity index is 0.866. The highest BCUT2D eigenvalue weighted by molar-refractivity contribution is 5.87. The molecule has 24 nitrogen and oxygen atoms in total. The van der Waals surface area contributed by atoms with E-state index in [4.69, 9.17) is 37.9 Å². The van der Waals surface area contributed by atoms with Gasteiger partial charge in [0.15, 0.2) is 25.2 Å². The molecule has 9 rings (SSSR count). The molecule has 4 saturated heterocycles. The van der Waals surface area contributed by atoms with Crippen LogP contribution in [-0.2, 0) is 42.7 Å². The Morgan fingerprint density at radius 2 is 1.08 bits per heavy atom. The van der Waals surface area contributed by atoms with Gasteiger partial charge in [-0.05, 0) is 122 Å². The minimum atomic E-state index is -1.93. The lowest BCUT2D eigenvalue weighted by molar-refractivity contribution is -0.398. The molecule has 5 saturated carbocycles. The molecule has 4 aliphatic heterocycles. The molecule has 0 aromatic rings. The lowest BCUT2D eigenvalue weighted by atomic mass is 9.41. The molecule has 4 heterocycles. The number of ether oxygens (including phenoxy) is 8. The van der Waals surface area contributed by atoms with Gasteiger partial charge in [-0.3, -0.25) is 0 Å². The van der Waals surface area contributed by atoms with E-state index in [0.717, 1.165) is 51.4 Å². The first-order chi connectivity index (χ1) is 36.7. The number of hydrogen-bond donors (Lipinski definition) is 15. The smallest absolute Gasteiger partial charge is 0.333 e. The van der Waals surface area contributed by atoms with E-state index in [1.807, 2.05) is 0 Å². The molecular formula is C54H88O24. The van der Waals surface area contributed by atoms with E-state index >= 15 is 0 Å². The third-order valence-corrected chi connectivity index (χ3v) is 21.8. The molecule has 15 N–H and O–H groups in total. The summed E-state index contributed by atoms with van der Waals surface area (Å²) in [5.41, 5.74) is -0.218. The zero-order valence-electron chi connectivity index (χ0n) is 45.4. The molecule has 0 unspecified atom stereocenters. The standard InChI is InChI=1S/C54H88O24/c1-22(45(69)71-20-29-36(62)37(63)41(67)46(70)72-29)7-8-25(58)23(2)24-11-13-52(6)31-10-9-30-50(3,4)32(12-14-53(30)21-54(31,53)16-15-51(24,52)5)76-48-43(39(65)34(60)27(18-56)74-48)78-49-44(40(66)35(61)28(19-57)75-49)77-47-42(68)38(64)33(59)26(17-55)73-47/h7,23-44,46-49,55-68,70H,8-21H2,1-6H3/b22-7+/t23-,24+,25-,26+,27+,28+,29+,30+,31-,32-,33+,34+,35+,36+,37-,38-,39-,40-,41+,42+,43+,44+,46-,47-,48-,49-,51+,52-,53+,54-/m0/s1. The molecule has 0 amide bonds. The lowest BCUT2D eigenvalue weighted by Crippen LogP contribution is -2.67. The fourth-order valence-electron chi connectivity index (χ4n) is 16.9. The third kappa shape index (κ3) is 9.96. The molecule has 0 radical (unpaired) electrons. The Kier molecular flexibility index (Phi) is 17.7. The number of carbonyl (C=O) groups excluding carboxylic acids is 1. The molecular weight excluding hydrogens is 1030 g/mol. The summed E-state index contributed by atoms with van der Waals surface area (Å²) < 4.78 is 47.1.